The van der Waals surface area contributed by atoms with Crippen molar-refractivity contribution in [1.29, 1.82) is 0 Å². The van der Waals surface area contributed by atoms with Crippen LogP contribution in [0.15, 0.2) is 0 Å². The van der Waals surface area contributed by atoms with Crippen LogP contribution in [0, 0.1) is 0 Å². The van der Waals surface area contributed by atoms with E-state index in [1.807, 2.05) is 0 Å². The Labute approximate surface area is 33.3 Å². The van der Waals surface area contributed by atoms with Crippen molar-refractivity contribution in [3.8, 4) is 0 Å². The molecule has 0 aromatic carbocycles. The highest BCUT2D eigenvalue weighted by atomic mass is 33.2. The van der Waals surface area contributed by atoms with Gasteiger partial charge in [-0.05, 0) is 0 Å². The van der Waals surface area contributed by atoms with E-state index in [0.29, 0.717) is 0 Å². The third-order valence-corrected chi connectivity index (χ3v) is 1.97. The van der Waals surface area contributed by atoms with Crippen molar-refractivity contribution < 1.29 is 8.42 Å². The standard InChI is InChI=1S/HNO2S2/c2-5(3)1-4-5/h1H. The average molecular weight is 111 g/mol. The molecule has 1 N–H and O–H groups in total. The maximum atomic E-state index is 9.59. The number of hydrogen-bond acceptors (Lipinski definition) is 3. The summed E-state index contributed by atoms with van der Waals surface area (Å²) in [6.07, 6.45) is 0. The van der Waals surface area contributed by atoms with E-state index in [0.717, 1.165) is 11.0 Å². The first-order chi connectivity index (χ1) is 2.21. The van der Waals surface area contributed by atoms with Gasteiger partial charge < -0.3 is 0 Å². The Morgan fingerprint density at radius 2 is 1.80 bits per heavy atom. The zero-order chi connectivity index (χ0) is 3.91. The molecule has 0 amide bonds. The van der Waals surface area contributed by atoms with Gasteiger partial charge in [0, 0.05) is 0 Å². The van der Waals surface area contributed by atoms with Crippen LogP contribution in [0.1, 0.15) is 0 Å². The third kappa shape index (κ3) is 0.786. The minimum Gasteiger partial charge on any atom is -0.198 e. The lowest BCUT2D eigenvalue weighted by atomic mass is 13.9. The Morgan fingerprint density at radius 1 is 1.60 bits per heavy atom. The molecule has 0 radical (unpaired) electrons. The summed E-state index contributed by atoms with van der Waals surface area (Å²) in [5, 5.41) is 0. The molecule has 0 aromatic rings. The van der Waals surface area contributed by atoms with Crippen molar-refractivity contribution in [2.45, 2.75) is 0 Å². The van der Waals surface area contributed by atoms with E-state index in [2.05, 4.69) is 4.13 Å². The number of rotatable bonds is 0. The van der Waals surface area contributed by atoms with Crippen LogP contribution in [0.25, 0.3) is 0 Å². The first-order valence-corrected chi connectivity index (χ1v) is 3.72. The van der Waals surface area contributed by atoms with Gasteiger partial charge in [-0.15, -0.1) is 4.13 Å². The smallest absolute Gasteiger partial charge is 0.198 e. The van der Waals surface area contributed by atoms with E-state index >= 15 is 0 Å². The molecule has 0 aliphatic carbocycles. The SMILES string of the molecule is O=S1(=O)NS1. The molecule has 1 aliphatic rings. The van der Waals surface area contributed by atoms with Crippen LogP contribution < -0.4 is 4.13 Å². The lowest BCUT2D eigenvalue weighted by molar-refractivity contribution is 0.614. The Kier molecular flexibility index (Phi) is 0.458. The second kappa shape index (κ2) is 0.664. The molecule has 1 rings (SSSR count). The summed E-state index contributed by atoms with van der Waals surface area (Å²) in [6.45, 7) is 0. The molecule has 0 unspecified atom stereocenters. The maximum Gasteiger partial charge on any atom is 0.290 e. The van der Waals surface area contributed by atoms with Crippen molar-refractivity contribution in [2.24, 2.45) is 0 Å². The highest BCUT2D eigenvalue weighted by Crippen LogP contribution is 2.21. The Morgan fingerprint density at radius 3 is 1.80 bits per heavy atom. The fourth-order valence-corrected chi connectivity index (χ4v) is 0.750. The molecule has 1 saturated heterocycles. The number of nitrogens with one attached hydrogen (secondary N) is 1. The molecule has 1 fully saturated rings. The minimum absolute atomic E-state index is 0.748. The Balaban J connectivity index is 3.15. The van der Waals surface area contributed by atoms with Gasteiger partial charge in [-0.1, -0.05) is 0 Å². The van der Waals surface area contributed by atoms with Crippen molar-refractivity contribution in [3.05, 3.63) is 0 Å². The monoisotopic (exact) mass is 111 g/mol. The predicted octanol–water partition coefficient (Wildman–Crippen LogP) is -0.517. The normalized spacial score (nSPS) is 29.6. The van der Waals surface area contributed by atoms with Crippen molar-refractivity contribution in [1.82, 2.24) is 4.13 Å². The van der Waals surface area contributed by atoms with Crippen LogP contribution >= 0.6 is 11.0 Å². The minimum atomic E-state index is -2.75. The fraction of sp³-hybridized carbons (Fsp3) is 0. The molecule has 1 aliphatic heterocycles. The quantitative estimate of drug-likeness (QED) is 0.260. The molecule has 0 bridgehead atoms. The largest absolute Gasteiger partial charge is 0.290 e. The molecule has 5 heavy (non-hydrogen) atoms. The summed E-state index contributed by atoms with van der Waals surface area (Å²) >= 11 is 0. The van der Waals surface area contributed by atoms with E-state index < -0.39 is 9.06 Å². The van der Waals surface area contributed by atoms with Gasteiger partial charge in [0.2, 0.25) is 0 Å². The second-order valence-corrected chi connectivity index (χ2v) is 4.18. The van der Waals surface area contributed by atoms with Crippen LogP contribution in [0.3, 0.4) is 0 Å². The van der Waals surface area contributed by atoms with E-state index in [9.17, 15) is 8.42 Å². The molecule has 3 nitrogen and oxygen atoms in total. The third-order valence-electron chi connectivity index (χ3n) is 0.219. The van der Waals surface area contributed by atoms with E-state index in [1.54, 1.807) is 0 Å². The number of hydrogen-bond donors (Lipinski definition) is 1. The molecule has 30 valence electrons. The summed E-state index contributed by atoms with van der Waals surface area (Å²) in [5.74, 6) is 0. The van der Waals surface area contributed by atoms with Gasteiger partial charge in [-0.25, -0.2) is 0 Å². The molecule has 0 saturated carbocycles. The first kappa shape index (κ1) is 3.45. The van der Waals surface area contributed by atoms with Gasteiger partial charge in [0.1, 0.15) is 0 Å². The highest BCUT2D eigenvalue weighted by molar-refractivity contribution is 8.84. The highest BCUT2D eigenvalue weighted by Gasteiger charge is 2.26. The second-order valence-electron chi connectivity index (χ2n) is 0.621. The van der Waals surface area contributed by atoms with Gasteiger partial charge in [0.05, 0.1) is 11.0 Å². The van der Waals surface area contributed by atoms with Gasteiger partial charge in [0.25, 0.3) is 9.06 Å². The summed E-state index contributed by atoms with van der Waals surface area (Å²) in [4.78, 5) is 0. The van der Waals surface area contributed by atoms with Gasteiger partial charge >= 0.3 is 0 Å². The van der Waals surface area contributed by atoms with E-state index in [4.69, 9.17) is 0 Å². The first-order valence-electron chi connectivity index (χ1n) is 0.908. The van der Waals surface area contributed by atoms with Crippen LogP contribution in [-0.2, 0) is 9.06 Å². The molecule has 1 heterocycles. The zero-order valence-electron chi connectivity index (χ0n) is 2.13. The van der Waals surface area contributed by atoms with Crippen LogP contribution in [0.5, 0.6) is 0 Å². The summed E-state index contributed by atoms with van der Waals surface area (Å²) in [5.41, 5.74) is 0. The molecule has 0 aromatic heterocycles. The summed E-state index contributed by atoms with van der Waals surface area (Å²) < 4.78 is 21.3. The summed E-state index contributed by atoms with van der Waals surface area (Å²) in [7, 11) is -2.00. The van der Waals surface area contributed by atoms with Crippen molar-refractivity contribution in [2.75, 3.05) is 0 Å². The molecular formula is HNO2S2. The molecular weight excluding hydrogens is 110 g/mol. The van der Waals surface area contributed by atoms with Gasteiger partial charge in [-0.3, -0.25) is 0 Å². The Hall–Kier alpha value is 0.260. The van der Waals surface area contributed by atoms with Gasteiger partial charge in [-0.2, -0.15) is 8.42 Å². The molecule has 0 spiro atoms. The van der Waals surface area contributed by atoms with E-state index in [1.165, 1.54) is 0 Å². The average Bonchev–Trinajstić information content (AvgIpc) is 1.76. The van der Waals surface area contributed by atoms with Crippen LogP contribution in [0.4, 0.5) is 0 Å². The summed E-state index contributed by atoms with van der Waals surface area (Å²) in [6, 6.07) is 0. The molecule has 5 heteroatoms. The van der Waals surface area contributed by atoms with Crippen LogP contribution in [-0.4, -0.2) is 8.42 Å². The predicted molar refractivity (Wildman–Crippen MR) is 19.6 cm³/mol. The maximum absolute atomic E-state index is 9.59. The van der Waals surface area contributed by atoms with Crippen LogP contribution in [0.2, 0.25) is 0 Å². The Bertz CT molecular complexity index is 111. The lowest BCUT2D eigenvalue weighted by Gasteiger charge is -1.40. The molecule has 0 atom stereocenters. The fourth-order valence-electron chi connectivity index (χ4n) is 0.0278. The van der Waals surface area contributed by atoms with Crippen molar-refractivity contribution >= 4 is 20.0 Å². The van der Waals surface area contributed by atoms with E-state index in [-0.39, 0.29) is 0 Å². The topological polar surface area (TPSA) is 56.1 Å². The van der Waals surface area contributed by atoms with Gasteiger partial charge in [0.15, 0.2) is 0 Å². The lowest BCUT2D eigenvalue weighted by Crippen LogP contribution is -1.72. The zero-order valence-corrected chi connectivity index (χ0v) is 3.77. The van der Waals surface area contributed by atoms with Crippen molar-refractivity contribution in [3.63, 3.8) is 0 Å².